The summed E-state index contributed by atoms with van der Waals surface area (Å²) in [6.07, 6.45) is 1.79. The second-order valence-electron chi connectivity index (χ2n) is 6.29. The number of thioether (sulfide) groups is 1. The Morgan fingerprint density at radius 3 is 2.38 bits per heavy atom. The zero-order chi connectivity index (χ0) is 20.8. The number of amides is 2. The summed E-state index contributed by atoms with van der Waals surface area (Å²) in [7, 11) is 0. The largest absolute Gasteiger partial charge is 0.372 e. The van der Waals surface area contributed by atoms with Crippen molar-refractivity contribution >= 4 is 57.7 Å². The van der Waals surface area contributed by atoms with Crippen molar-refractivity contribution in [2.75, 3.05) is 23.7 Å². The van der Waals surface area contributed by atoms with Crippen LogP contribution in [0.4, 0.5) is 11.4 Å². The molecule has 1 aliphatic rings. The molecule has 0 spiro atoms. The Balaban J connectivity index is 1.62. The van der Waals surface area contributed by atoms with Crippen LogP contribution in [0.3, 0.4) is 0 Å². The van der Waals surface area contributed by atoms with E-state index in [4.69, 9.17) is 12.2 Å². The summed E-state index contributed by atoms with van der Waals surface area (Å²) in [5.74, 6) is -0.352. The van der Waals surface area contributed by atoms with Crippen LogP contribution >= 0.6 is 24.0 Å². The fraction of sp³-hybridized carbons (Fsp3) is 0.238. The molecule has 6 nitrogen and oxygen atoms in total. The number of aliphatic imine (C=N–C) groups is 1. The molecule has 1 fully saturated rings. The molecule has 8 heteroatoms. The summed E-state index contributed by atoms with van der Waals surface area (Å²) in [6.45, 7) is 6.22. The Morgan fingerprint density at radius 1 is 1.17 bits per heavy atom. The lowest BCUT2D eigenvalue weighted by atomic mass is 10.2. The van der Waals surface area contributed by atoms with Crippen molar-refractivity contribution in [2.24, 2.45) is 4.99 Å². The highest BCUT2D eigenvalue weighted by atomic mass is 32.2. The van der Waals surface area contributed by atoms with Gasteiger partial charge in [0.25, 0.3) is 11.8 Å². The topological polar surface area (TPSA) is 65.0 Å². The number of nitrogens with zero attached hydrogens (tertiary/aromatic N) is 3. The molecular formula is C21H22N4O2S2. The number of carbonyl (C=O) groups excluding carboxylic acids is 2. The van der Waals surface area contributed by atoms with E-state index in [2.05, 4.69) is 41.3 Å². The Labute approximate surface area is 180 Å². The lowest BCUT2D eigenvalue weighted by Crippen LogP contribution is -2.45. The number of rotatable bonds is 7. The molecular weight excluding hydrogens is 404 g/mol. The third-order valence-corrected chi connectivity index (χ3v) is 5.84. The van der Waals surface area contributed by atoms with E-state index >= 15 is 0 Å². The van der Waals surface area contributed by atoms with Gasteiger partial charge in [0.2, 0.25) is 0 Å². The van der Waals surface area contributed by atoms with Crippen molar-refractivity contribution in [1.29, 1.82) is 0 Å². The van der Waals surface area contributed by atoms with Crippen LogP contribution < -0.4 is 10.3 Å². The zero-order valence-corrected chi connectivity index (χ0v) is 17.9. The molecule has 1 aliphatic heterocycles. The fourth-order valence-corrected chi connectivity index (χ4v) is 3.81. The average molecular weight is 427 g/mol. The summed E-state index contributed by atoms with van der Waals surface area (Å²) >= 11 is 6.29. The summed E-state index contributed by atoms with van der Waals surface area (Å²) in [5, 5.41) is 1.12. The van der Waals surface area contributed by atoms with E-state index in [0.29, 0.717) is 9.88 Å². The first-order valence-electron chi connectivity index (χ1n) is 9.31. The summed E-state index contributed by atoms with van der Waals surface area (Å²) in [6, 6.07) is 15.1. The predicted octanol–water partition coefficient (Wildman–Crippen LogP) is 3.79. The Bertz CT molecular complexity index is 907. The number of nitrogens with one attached hydrogen (secondary N) is 1. The highest BCUT2D eigenvalue weighted by molar-refractivity contribution is 8.23. The molecule has 29 heavy (non-hydrogen) atoms. The van der Waals surface area contributed by atoms with Crippen LogP contribution in [0.1, 0.15) is 29.8 Å². The van der Waals surface area contributed by atoms with Gasteiger partial charge in [0, 0.05) is 30.6 Å². The first-order valence-corrected chi connectivity index (χ1v) is 10.7. The van der Waals surface area contributed by atoms with E-state index < -0.39 is 0 Å². The maximum absolute atomic E-state index is 12.3. The van der Waals surface area contributed by atoms with Crippen molar-refractivity contribution in [3.8, 4) is 0 Å². The van der Waals surface area contributed by atoms with E-state index in [9.17, 15) is 9.59 Å². The van der Waals surface area contributed by atoms with E-state index in [-0.39, 0.29) is 17.6 Å². The molecule has 1 N–H and O–H groups in total. The summed E-state index contributed by atoms with van der Waals surface area (Å²) < 4.78 is 0.358. The molecule has 2 aromatic carbocycles. The number of hydrogen-bond acceptors (Lipinski definition) is 6. The highest BCUT2D eigenvalue weighted by Crippen LogP contribution is 2.19. The quantitative estimate of drug-likeness (QED) is 0.539. The Kier molecular flexibility index (Phi) is 7.00. The first-order chi connectivity index (χ1) is 14.0. The number of hydrazine groups is 1. The highest BCUT2D eigenvalue weighted by Gasteiger charge is 2.28. The standard InChI is InChI=1S/C21H22N4O2S2/c1-3-24(4-2)18-11-5-15(6-12-18)13-22-17-9-7-16(8-10-17)20(27)23-25-19(26)14-29-21(25)28/h5-13H,3-4,14H2,1-2H3,(H,23,27). The molecule has 3 rings (SSSR count). The van der Waals surface area contributed by atoms with Crippen molar-refractivity contribution < 1.29 is 9.59 Å². The second kappa shape index (κ2) is 9.67. The second-order valence-corrected chi connectivity index (χ2v) is 7.90. The molecule has 1 saturated heterocycles. The van der Waals surface area contributed by atoms with E-state index in [1.807, 2.05) is 12.1 Å². The van der Waals surface area contributed by atoms with Crippen LogP contribution in [-0.2, 0) is 4.79 Å². The van der Waals surface area contributed by atoms with E-state index in [1.165, 1.54) is 17.4 Å². The molecule has 2 aromatic rings. The van der Waals surface area contributed by atoms with Gasteiger partial charge in [-0.15, -0.1) is 0 Å². The van der Waals surface area contributed by atoms with E-state index in [0.717, 1.165) is 29.3 Å². The molecule has 0 aliphatic carbocycles. The van der Waals surface area contributed by atoms with Crippen molar-refractivity contribution in [1.82, 2.24) is 10.4 Å². The van der Waals surface area contributed by atoms with Gasteiger partial charge in [-0.05, 0) is 55.8 Å². The number of hydrogen-bond donors (Lipinski definition) is 1. The van der Waals surface area contributed by atoms with Gasteiger partial charge < -0.3 is 4.90 Å². The molecule has 2 amide bonds. The Hall–Kier alpha value is -2.71. The molecule has 0 radical (unpaired) electrons. The fourth-order valence-electron chi connectivity index (χ4n) is 2.84. The van der Waals surface area contributed by atoms with E-state index in [1.54, 1.807) is 30.5 Å². The van der Waals surface area contributed by atoms with Gasteiger partial charge in [-0.2, -0.15) is 0 Å². The van der Waals surface area contributed by atoms with Crippen LogP contribution in [0.5, 0.6) is 0 Å². The molecule has 1 heterocycles. The average Bonchev–Trinajstić information content (AvgIpc) is 3.06. The van der Waals surface area contributed by atoms with Gasteiger partial charge >= 0.3 is 0 Å². The monoisotopic (exact) mass is 426 g/mol. The molecule has 0 aromatic heterocycles. The zero-order valence-electron chi connectivity index (χ0n) is 16.3. The third-order valence-electron chi connectivity index (χ3n) is 4.48. The van der Waals surface area contributed by atoms with Crippen LogP contribution in [0.15, 0.2) is 53.5 Å². The lowest BCUT2D eigenvalue weighted by Gasteiger charge is -2.20. The number of carbonyl (C=O) groups is 2. The van der Waals surface area contributed by atoms with Gasteiger partial charge in [-0.25, -0.2) is 5.01 Å². The van der Waals surface area contributed by atoms with Crippen molar-refractivity contribution in [2.45, 2.75) is 13.8 Å². The van der Waals surface area contributed by atoms with Crippen LogP contribution in [0.2, 0.25) is 0 Å². The number of benzene rings is 2. The lowest BCUT2D eigenvalue weighted by molar-refractivity contribution is -0.125. The molecule has 0 saturated carbocycles. The van der Waals surface area contributed by atoms with Crippen molar-refractivity contribution in [3.05, 3.63) is 59.7 Å². The van der Waals surface area contributed by atoms with Gasteiger partial charge in [0.15, 0.2) is 4.32 Å². The molecule has 0 unspecified atom stereocenters. The SMILES string of the molecule is CCN(CC)c1ccc(C=Nc2ccc(C(=O)NN3C(=O)CSC3=S)cc2)cc1. The predicted molar refractivity (Wildman–Crippen MR) is 123 cm³/mol. The molecule has 0 bridgehead atoms. The summed E-state index contributed by atoms with van der Waals surface area (Å²) in [5.41, 5.74) is 5.89. The number of thiocarbonyl (C=S) groups is 1. The van der Waals surface area contributed by atoms with Crippen LogP contribution in [0, 0.1) is 0 Å². The van der Waals surface area contributed by atoms with Gasteiger partial charge in [0.05, 0.1) is 11.4 Å². The van der Waals surface area contributed by atoms with Crippen molar-refractivity contribution in [3.63, 3.8) is 0 Å². The number of anilines is 1. The van der Waals surface area contributed by atoms with Crippen LogP contribution in [-0.4, -0.2) is 46.2 Å². The van der Waals surface area contributed by atoms with Gasteiger partial charge in [-0.3, -0.25) is 20.0 Å². The third kappa shape index (κ3) is 5.21. The first kappa shape index (κ1) is 21.0. The smallest absolute Gasteiger partial charge is 0.270 e. The minimum absolute atomic E-state index is 0.221. The summed E-state index contributed by atoms with van der Waals surface area (Å²) in [4.78, 5) is 30.7. The molecule has 150 valence electrons. The van der Waals surface area contributed by atoms with Crippen LogP contribution in [0.25, 0.3) is 0 Å². The van der Waals surface area contributed by atoms with Gasteiger partial charge in [0.1, 0.15) is 0 Å². The maximum Gasteiger partial charge on any atom is 0.270 e. The maximum atomic E-state index is 12.3. The molecule has 0 atom stereocenters. The minimum Gasteiger partial charge on any atom is -0.372 e. The normalized spacial score (nSPS) is 13.9. The minimum atomic E-state index is -0.384. The Morgan fingerprint density at radius 2 is 1.83 bits per heavy atom. The van der Waals surface area contributed by atoms with Gasteiger partial charge in [-0.1, -0.05) is 36.1 Å².